The molecular weight excluding hydrogens is 224 g/mol. The van der Waals surface area contributed by atoms with Gasteiger partial charge in [-0.2, -0.15) is 0 Å². The first kappa shape index (κ1) is 14.5. The lowest BCUT2D eigenvalue weighted by molar-refractivity contribution is 0.588. The van der Waals surface area contributed by atoms with Crippen molar-refractivity contribution in [3.63, 3.8) is 0 Å². The third-order valence-corrected chi connectivity index (χ3v) is 2.75. The highest BCUT2D eigenvalue weighted by Crippen LogP contribution is 2.20. The fourth-order valence-electron chi connectivity index (χ4n) is 1.78. The molecule has 98 valence electrons. The largest absolute Gasteiger partial charge is 0.329 e. The van der Waals surface area contributed by atoms with Crippen LogP contribution in [0.3, 0.4) is 0 Å². The number of H-pyrrole nitrogens is 1. The topological polar surface area (TPSA) is 44.9 Å². The Morgan fingerprint density at radius 1 is 1.50 bits per heavy atom. The van der Waals surface area contributed by atoms with E-state index in [1.807, 2.05) is 25.1 Å². The molecule has 0 aliphatic carbocycles. The van der Waals surface area contributed by atoms with Gasteiger partial charge in [0.15, 0.2) is 0 Å². The molecule has 0 spiro atoms. The first-order valence-electron chi connectivity index (χ1n) is 6.40. The summed E-state index contributed by atoms with van der Waals surface area (Å²) in [6.45, 7) is 7.18. The van der Waals surface area contributed by atoms with E-state index in [4.69, 9.17) is 0 Å². The van der Waals surface area contributed by atoms with Gasteiger partial charge in [0.1, 0.15) is 0 Å². The maximum Gasteiger partial charge on any atom is 0.247 e. The summed E-state index contributed by atoms with van der Waals surface area (Å²) in [4.78, 5) is 13.8. The second-order valence-electron chi connectivity index (χ2n) is 4.31. The average Bonchev–Trinajstić information content (AvgIpc) is 2.38. The molecule has 0 amide bonds. The highest BCUT2D eigenvalue weighted by molar-refractivity contribution is 5.27. The summed E-state index contributed by atoms with van der Waals surface area (Å²) in [6, 6.07) is 3.59. The van der Waals surface area contributed by atoms with E-state index in [0.717, 1.165) is 18.5 Å². The van der Waals surface area contributed by atoms with Crippen molar-refractivity contribution in [1.29, 1.82) is 0 Å². The van der Waals surface area contributed by atoms with E-state index in [1.165, 1.54) is 5.57 Å². The summed E-state index contributed by atoms with van der Waals surface area (Å²) in [5, 5.41) is 3.49. The molecule has 0 aromatic carbocycles. The molecule has 0 bridgehead atoms. The Bertz CT molecular complexity index is 451. The van der Waals surface area contributed by atoms with Gasteiger partial charge in [-0.15, -0.1) is 0 Å². The monoisotopic (exact) mass is 246 g/mol. The zero-order valence-electron chi connectivity index (χ0n) is 11.4. The van der Waals surface area contributed by atoms with Crippen molar-refractivity contribution in [2.45, 2.75) is 33.2 Å². The molecule has 1 aromatic heterocycles. The molecule has 2 N–H and O–H groups in total. The molecule has 0 aliphatic rings. The maximum absolute atomic E-state index is 11.1. The molecule has 0 fully saturated rings. The summed E-state index contributed by atoms with van der Waals surface area (Å²) >= 11 is 0. The van der Waals surface area contributed by atoms with E-state index in [2.05, 4.69) is 30.2 Å². The lowest BCUT2D eigenvalue weighted by Crippen LogP contribution is -2.24. The van der Waals surface area contributed by atoms with Crippen LogP contribution in [0.5, 0.6) is 0 Å². The van der Waals surface area contributed by atoms with E-state index in [1.54, 1.807) is 12.3 Å². The number of aromatic nitrogens is 1. The third kappa shape index (κ3) is 4.34. The quantitative estimate of drug-likeness (QED) is 0.758. The van der Waals surface area contributed by atoms with Crippen molar-refractivity contribution in [3.05, 3.63) is 58.0 Å². The number of aromatic amines is 1. The van der Waals surface area contributed by atoms with Crippen LogP contribution < -0.4 is 10.9 Å². The van der Waals surface area contributed by atoms with Crippen molar-refractivity contribution >= 4 is 0 Å². The zero-order valence-corrected chi connectivity index (χ0v) is 11.4. The first-order chi connectivity index (χ1) is 8.69. The number of hydrogen-bond acceptors (Lipinski definition) is 2. The standard InChI is InChI=1S/C15H22N2O/c1-4-6-7-12(3)15(16-10-5-2)13-8-9-14(18)17-11-13/h4,6-9,11,15-16H,5,10H2,1-3H3,(H,17,18)/b6-4-,12-7+. The van der Waals surface area contributed by atoms with Crippen LogP contribution in [0.25, 0.3) is 0 Å². The molecule has 1 rings (SSSR count). The van der Waals surface area contributed by atoms with Gasteiger partial charge >= 0.3 is 0 Å². The summed E-state index contributed by atoms with van der Waals surface area (Å²) in [6.07, 6.45) is 8.99. The van der Waals surface area contributed by atoms with Gasteiger partial charge in [0.2, 0.25) is 5.56 Å². The van der Waals surface area contributed by atoms with Crippen LogP contribution in [-0.4, -0.2) is 11.5 Å². The number of allylic oxidation sites excluding steroid dienone is 3. The molecule has 3 heteroatoms. The molecular formula is C15H22N2O. The van der Waals surface area contributed by atoms with Gasteiger partial charge in [0, 0.05) is 12.3 Å². The summed E-state index contributed by atoms with van der Waals surface area (Å²) in [5.41, 5.74) is 2.25. The van der Waals surface area contributed by atoms with Crippen LogP contribution in [0.4, 0.5) is 0 Å². The Labute approximate surface area is 109 Å². The lowest BCUT2D eigenvalue weighted by Gasteiger charge is -2.19. The maximum atomic E-state index is 11.1. The molecule has 1 heterocycles. The smallest absolute Gasteiger partial charge is 0.247 e. The van der Waals surface area contributed by atoms with Gasteiger partial charge in [0.05, 0.1) is 6.04 Å². The van der Waals surface area contributed by atoms with E-state index in [9.17, 15) is 4.79 Å². The van der Waals surface area contributed by atoms with Gasteiger partial charge in [-0.3, -0.25) is 4.79 Å². The summed E-state index contributed by atoms with van der Waals surface area (Å²) < 4.78 is 0. The first-order valence-corrected chi connectivity index (χ1v) is 6.40. The SMILES string of the molecule is C/C=C\C=C(/C)C(NCCC)c1ccc(=O)[nH]c1. The molecule has 1 unspecified atom stereocenters. The average molecular weight is 246 g/mol. The molecule has 0 saturated heterocycles. The number of rotatable bonds is 6. The normalized spacial score (nSPS) is 14.1. The highest BCUT2D eigenvalue weighted by Gasteiger charge is 2.11. The van der Waals surface area contributed by atoms with Crippen molar-refractivity contribution in [2.75, 3.05) is 6.54 Å². The fourth-order valence-corrected chi connectivity index (χ4v) is 1.78. The van der Waals surface area contributed by atoms with Crippen molar-refractivity contribution in [3.8, 4) is 0 Å². The molecule has 1 aromatic rings. The predicted octanol–water partition coefficient (Wildman–Crippen LogP) is 2.94. The Hall–Kier alpha value is -1.61. The van der Waals surface area contributed by atoms with Crippen LogP contribution in [0.1, 0.15) is 38.8 Å². The van der Waals surface area contributed by atoms with Gasteiger partial charge in [-0.05, 0) is 32.4 Å². The lowest BCUT2D eigenvalue weighted by atomic mass is 10.0. The highest BCUT2D eigenvalue weighted by atomic mass is 16.1. The number of hydrogen-bond donors (Lipinski definition) is 2. The van der Waals surface area contributed by atoms with E-state index >= 15 is 0 Å². The van der Waals surface area contributed by atoms with Crippen LogP contribution in [-0.2, 0) is 0 Å². The predicted molar refractivity (Wildman–Crippen MR) is 76.7 cm³/mol. The minimum atomic E-state index is -0.0666. The Morgan fingerprint density at radius 2 is 2.28 bits per heavy atom. The Balaban J connectivity index is 2.96. The van der Waals surface area contributed by atoms with E-state index < -0.39 is 0 Å². The van der Waals surface area contributed by atoms with Gasteiger partial charge in [-0.1, -0.05) is 36.8 Å². The van der Waals surface area contributed by atoms with Crippen molar-refractivity contribution in [1.82, 2.24) is 10.3 Å². The van der Waals surface area contributed by atoms with Gasteiger partial charge in [-0.25, -0.2) is 0 Å². The van der Waals surface area contributed by atoms with Gasteiger partial charge in [0.25, 0.3) is 0 Å². The summed E-state index contributed by atoms with van der Waals surface area (Å²) in [5.74, 6) is 0. The molecule has 1 atom stereocenters. The van der Waals surface area contributed by atoms with Crippen molar-refractivity contribution < 1.29 is 0 Å². The second-order valence-corrected chi connectivity index (χ2v) is 4.31. The Morgan fingerprint density at radius 3 is 2.83 bits per heavy atom. The number of nitrogens with one attached hydrogen (secondary N) is 2. The van der Waals surface area contributed by atoms with E-state index in [0.29, 0.717) is 0 Å². The van der Waals surface area contributed by atoms with Crippen LogP contribution in [0, 0.1) is 0 Å². The zero-order chi connectivity index (χ0) is 13.4. The van der Waals surface area contributed by atoms with Gasteiger partial charge < -0.3 is 10.3 Å². The fraction of sp³-hybridized carbons (Fsp3) is 0.400. The molecule has 0 saturated carbocycles. The van der Waals surface area contributed by atoms with Crippen LogP contribution in [0.15, 0.2) is 46.9 Å². The van der Waals surface area contributed by atoms with Crippen LogP contribution in [0.2, 0.25) is 0 Å². The van der Waals surface area contributed by atoms with Crippen molar-refractivity contribution in [2.24, 2.45) is 0 Å². The molecule has 18 heavy (non-hydrogen) atoms. The molecule has 0 radical (unpaired) electrons. The molecule has 0 aliphatic heterocycles. The van der Waals surface area contributed by atoms with Crippen LogP contribution >= 0.6 is 0 Å². The number of pyridine rings is 1. The second kappa shape index (κ2) is 7.67. The molecule has 3 nitrogen and oxygen atoms in total. The van der Waals surface area contributed by atoms with E-state index in [-0.39, 0.29) is 11.6 Å². The minimum Gasteiger partial charge on any atom is -0.329 e. The Kier molecular flexibility index (Phi) is 6.15. The third-order valence-electron chi connectivity index (χ3n) is 2.75. The minimum absolute atomic E-state index is 0.0666. The summed E-state index contributed by atoms with van der Waals surface area (Å²) in [7, 11) is 0.